The topological polar surface area (TPSA) is 126 Å². The van der Waals surface area contributed by atoms with Crippen LogP contribution in [0.15, 0.2) is 54.6 Å². The van der Waals surface area contributed by atoms with Gasteiger partial charge in [-0.25, -0.2) is 4.79 Å². The molecule has 2 aromatic rings. The normalized spacial score (nSPS) is 27.8. The molecule has 1 aliphatic heterocycles. The molecule has 0 amide bonds. The zero-order valence-corrected chi connectivity index (χ0v) is 14.2. The predicted octanol–water partition coefficient (Wildman–Crippen LogP) is 0.0845. The van der Waals surface area contributed by atoms with Crippen molar-refractivity contribution in [1.29, 1.82) is 0 Å². The maximum absolute atomic E-state index is 12.0. The minimum Gasteiger partial charge on any atom is -0.462 e. The van der Waals surface area contributed by atoms with Gasteiger partial charge in [0.1, 0.15) is 35.9 Å². The van der Waals surface area contributed by atoms with Gasteiger partial charge in [-0.3, -0.25) is 0 Å². The average Bonchev–Trinajstić information content (AvgIpc) is 2.70. The number of carbonyl (C=O) groups excluding carboxylic acids is 1. The van der Waals surface area contributed by atoms with Gasteiger partial charge in [0.2, 0.25) is 6.29 Å². The maximum atomic E-state index is 12.0. The van der Waals surface area contributed by atoms with Gasteiger partial charge in [0.15, 0.2) is 0 Å². The molecule has 1 heterocycles. The molecule has 27 heavy (non-hydrogen) atoms. The molecule has 0 spiro atoms. The number of aliphatic hydroxyl groups excluding tert-OH is 4. The van der Waals surface area contributed by atoms with E-state index < -0.39 is 43.3 Å². The van der Waals surface area contributed by atoms with E-state index >= 15 is 0 Å². The summed E-state index contributed by atoms with van der Waals surface area (Å²) >= 11 is 0. The van der Waals surface area contributed by atoms with Crippen molar-refractivity contribution in [3.63, 3.8) is 0 Å². The van der Waals surface area contributed by atoms with Crippen molar-refractivity contribution in [3.8, 4) is 11.5 Å². The van der Waals surface area contributed by atoms with E-state index in [0.29, 0.717) is 11.3 Å². The molecule has 4 N–H and O–H groups in total. The number of ether oxygens (including phenoxy) is 3. The summed E-state index contributed by atoms with van der Waals surface area (Å²) in [5, 5.41) is 38.7. The van der Waals surface area contributed by atoms with E-state index in [1.165, 1.54) is 24.3 Å². The summed E-state index contributed by atoms with van der Waals surface area (Å²) in [5.74, 6) is 0.0713. The summed E-state index contributed by atoms with van der Waals surface area (Å²) in [6.45, 7) is -0.542. The first kappa shape index (κ1) is 19.3. The lowest BCUT2D eigenvalue weighted by Crippen LogP contribution is -2.60. The number of esters is 1. The molecule has 0 aromatic heterocycles. The van der Waals surface area contributed by atoms with E-state index in [0.717, 1.165) is 0 Å². The van der Waals surface area contributed by atoms with Crippen LogP contribution in [0.3, 0.4) is 0 Å². The second-order valence-corrected chi connectivity index (χ2v) is 6.04. The van der Waals surface area contributed by atoms with Crippen LogP contribution in [0, 0.1) is 0 Å². The Labute approximate surface area is 155 Å². The van der Waals surface area contributed by atoms with Crippen LogP contribution in [0.1, 0.15) is 10.4 Å². The van der Waals surface area contributed by atoms with Crippen LogP contribution in [-0.4, -0.2) is 63.7 Å². The van der Waals surface area contributed by atoms with Gasteiger partial charge in [0.25, 0.3) is 0 Å². The summed E-state index contributed by atoms with van der Waals surface area (Å²) < 4.78 is 16.0. The van der Waals surface area contributed by atoms with Gasteiger partial charge in [-0.1, -0.05) is 18.2 Å². The standard InChI is InChI=1S/C19H20O8/c20-10-14-15(21)16(22)17(23)19(27-14)26-13-8-6-12(7-9-13)25-18(24)11-4-2-1-3-5-11/h1-9,14-17,19-23H,10H2/t14-,15-,16+,17-,19+/m1/s1. The highest BCUT2D eigenvalue weighted by Crippen LogP contribution is 2.25. The second kappa shape index (κ2) is 8.47. The molecule has 1 fully saturated rings. The monoisotopic (exact) mass is 376 g/mol. The predicted molar refractivity (Wildman–Crippen MR) is 92.2 cm³/mol. The van der Waals surface area contributed by atoms with Crippen molar-refractivity contribution in [1.82, 2.24) is 0 Å². The first-order chi connectivity index (χ1) is 13.0. The van der Waals surface area contributed by atoms with Crippen molar-refractivity contribution in [3.05, 3.63) is 60.2 Å². The fourth-order valence-corrected chi connectivity index (χ4v) is 2.63. The van der Waals surface area contributed by atoms with Crippen LogP contribution < -0.4 is 9.47 Å². The number of benzene rings is 2. The lowest BCUT2D eigenvalue weighted by atomic mass is 9.99. The van der Waals surface area contributed by atoms with E-state index in [-0.39, 0.29) is 5.75 Å². The van der Waals surface area contributed by atoms with Crippen LogP contribution in [0.2, 0.25) is 0 Å². The molecule has 0 unspecified atom stereocenters. The Morgan fingerprint density at radius 1 is 0.889 bits per heavy atom. The van der Waals surface area contributed by atoms with Crippen LogP contribution in [0.5, 0.6) is 11.5 Å². The molecule has 1 saturated heterocycles. The Bertz CT molecular complexity index is 746. The molecule has 8 nitrogen and oxygen atoms in total. The highest BCUT2D eigenvalue weighted by molar-refractivity contribution is 5.90. The van der Waals surface area contributed by atoms with Crippen molar-refractivity contribution in [2.24, 2.45) is 0 Å². The molecule has 0 saturated carbocycles. The van der Waals surface area contributed by atoms with Crippen molar-refractivity contribution in [2.75, 3.05) is 6.61 Å². The molecule has 0 radical (unpaired) electrons. The summed E-state index contributed by atoms with van der Waals surface area (Å²) in [5.41, 5.74) is 0.416. The molecule has 0 aliphatic carbocycles. The van der Waals surface area contributed by atoms with Gasteiger partial charge >= 0.3 is 5.97 Å². The fourth-order valence-electron chi connectivity index (χ4n) is 2.63. The molecular formula is C19H20O8. The summed E-state index contributed by atoms with van der Waals surface area (Å²) in [6, 6.07) is 14.5. The lowest BCUT2D eigenvalue weighted by Gasteiger charge is -2.39. The number of aliphatic hydroxyl groups is 4. The highest BCUT2D eigenvalue weighted by atomic mass is 16.7. The molecular weight excluding hydrogens is 356 g/mol. The van der Waals surface area contributed by atoms with E-state index in [1.807, 2.05) is 0 Å². The van der Waals surface area contributed by atoms with Crippen LogP contribution in [0.4, 0.5) is 0 Å². The van der Waals surface area contributed by atoms with Gasteiger partial charge < -0.3 is 34.6 Å². The Morgan fingerprint density at radius 2 is 1.52 bits per heavy atom. The van der Waals surface area contributed by atoms with Crippen LogP contribution in [-0.2, 0) is 4.74 Å². The third kappa shape index (κ3) is 4.44. The number of rotatable bonds is 5. The van der Waals surface area contributed by atoms with E-state index in [9.17, 15) is 25.2 Å². The average molecular weight is 376 g/mol. The van der Waals surface area contributed by atoms with Crippen molar-refractivity contribution < 1.29 is 39.4 Å². The van der Waals surface area contributed by atoms with E-state index in [1.54, 1.807) is 30.3 Å². The Hall–Kier alpha value is -2.49. The molecule has 2 aromatic carbocycles. The summed E-state index contributed by atoms with van der Waals surface area (Å²) in [4.78, 5) is 12.0. The van der Waals surface area contributed by atoms with E-state index in [4.69, 9.17) is 14.2 Å². The second-order valence-electron chi connectivity index (χ2n) is 6.04. The molecule has 1 aliphatic rings. The van der Waals surface area contributed by atoms with Crippen molar-refractivity contribution in [2.45, 2.75) is 30.7 Å². The fraction of sp³-hybridized carbons (Fsp3) is 0.316. The number of carbonyl (C=O) groups is 1. The third-order valence-electron chi connectivity index (χ3n) is 4.14. The quantitative estimate of drug-likeness (QED) is 0.427. The molecule has 144 valence electrons. The van der Waals surface area contributed by atoms with Crippen LogP contribution >= 0.6 is 0 Å². The lowest BCUT2D eigenvalue weighted by molar-refractivity contribution is -0.277. The molecule has 3 rings (SSSR count). The zero-order valence-electron chi connectivity index (χ0n) is 14.2. The minimum absolute atomic E-state index is 0.277. The van der Waals surface area contributed by atoms with Gasteiger partial charge in [0.05, 0.1) is 12.2 Å². The Kier molecular flexibility index (Phi) is 6.04. The van der Waals surface area contributed by atoms with Gasteiger partial charge in [-0.2, -0.15) is 0 Å². The first-order valence-corrected chi connectivity index (χ1v) is 8.34. The summed E-state index contributed by atoms with van der Waals surface area (Å²) in [7, 11) is 0. The van der Waals surface area contributed by atoms with Gasteiger partial charge in [-0.15, -0.1) is 0 Å². The van der Waals surface area contributed by atoms with Gasteiger partial charge in [-0.05, 0) is 36.4 Å². The summed E-state index contributed by atoms with van der Waals surface area (Å²) in [6.07, 6.45) is -6.81. The minimum atomic E-state index is -1.52. The third-order valence-corrected chi connectivity index (χ3v) is 4.14. The Balaban J connectivity index is 1.63. The van der Waals surface area contributed by atoms with Crippen LogP contribution in [0.25, 0.3) is 0 Å². The number of hydrogen-bond donors (Lipinski definition) is 4. The van der Waals surface area contributed by atoms with E-state index in [2.05, 4.69) is 0 Å². The molecule has 8 heteroatoms. The molecule has 0 bridgehead atoms. The zero-order chi connectivity index (χ0) is 19.4. The smallest absolute Gasteiger partial charge is 0.343 e. The van der Waals surface area contributed by atoms with Crippen molar-refractivity contribution >= 4 is 5.97 Å². The van der Waals surface area contributed by atoms with Gasteiger partial charge in [0, 0.05) is 0 Å². The maximum Gasteiger partial charge on any atom is 0.343 e. The number of hydrogen-bond acceptors (Lipinski definition) is 8. The highest BCUT2D eigenvalue weighted by Gasteiger charge is 2.44. The SMILES string of the molecule is O=C(Oc1ccc(O[C@H]2O[C@H](CO)[C@@H](O)[C@H](O)[C@H]2O)cc1)c1ccccc1. The Morgan fingerprint density at radius 3 is 2.15 bits per heavy atom. The molecule has 5 atom stereocenters. The first-order valence-electron chi connectivity index (χ1n) is 8.34. The largest absolute Gasteiger partial charge is 0.462 e.